The van der Waals surface area contributed by atoms with Gasteiger partial charge in [0, 0.05) is 12.7 Å². The van der Waals surface area contributed by atoms with Gasteiger partial charge < -0.3 is 16.3 Å². The quantitative estimate of drug-likeness (QED) is 0.307. The molecule has 1 aromatic rings. The number of nitrogens with two attached hydrogens (primary N) is 1. The van der Waals surface area contributed by atoms with Crippen LogP contribution in [0.25, 0.3) is 0 Å². The molecule has 98 valence electrons. The van der Waals surface area contributed by atoms with Crippen molar-refractivity contribution in [1.82, 2.24) is 10.3 Å². The summed E-state index contributed by atoms with van der Waals surface area (Å²) in [7, 11) is 0. The van der Waals surface area contributed by atoms with Crippen LogP contribution in [0.3, 0.4) is 0 Å². The summed E-state index contributed by atoms with van der Waals surface area (Å²) in [6, 6.07) is 3.80. The highest BCUT2D eigenvalue weighted by Crippen LogP contribution is 2.36. The number of rotatable bonds is 6. The normalized spacial score (nSPS) is 17.7. The lowest BCUT2D eigenvalue weighted by atomic mass is 10.1. The monoisotopic (exact) mass is 248 g/mol. The molecule has 0 aromatic carbocycles. The Labute approximate surface area is 107 Å². The van der Waals surface area contributed by atoms with Crippen molar-refractivity contribution in [2.75, 3.05) is 6.54 Å². The second-order valence-corrected chi connectivity index (χ2v) is 4.94. The third-order valence-corrected chi connectivity index (χ3v) is 3.45. The molecule has 18 heavy (non-hydrogen) atoms. The van der Waals surface area contributed by atoms with Gasteiger partial charge in [-0.25, -0.2) is 0 Å². The molecule has 1 aromatic heterocycles. The molecule has 1 aliphatic rings. The summed E-state index contributed by atoms with van der Waals surface area (Å²) in [5, 5.41) is 15.1. The first kappa shape index (κ1) is 12.8. The Morgan fingerprint density at radius 2 is 2.44 bits per heavy atom. The molecule has 0 spiro atoms. The first-order valence-electron chi connectivity index (χ1n) is 6.35. The fourth-order valence-electron chi connectivity index (χ4n) is 2.13. The molecule has 1 fully saturated rings. The molecule has 0 saturated heterocycles. The van der Waals surface area contributed by atoms with Crippen molar-refractivity contribution in [1.29, 1.82) is 0 Å². The molecule has 1 heterocycles. The minimum atomic E-state index is 0.0580. The third kappa shape index (κ3) is 3.20. The Balaban J connectivity index is 1.91. The van der Waals surface area contributed by atoms with Gasteiger partial charge in [-0.05, 0) is 42.9 Å². The zero-order chi connectivity index (χ0) is 13.0. The van der Waals surface area contributed by atoms with Crippen LogP contribution >= 0.6 is 0 Å². The second-order valence-electron chi connectivity index (χ2n) is 4.94. The topological polar surface area (TPSA) is 83.5 Å². The van der Waals surface area contributed by atoms with Crippen molar-refractivity contribution < 1.29 is 5.21 Å². The van der Waals surface area contributed by atoms with Crippen LogP contribution in [-0.4, -0.2) is 22.6 Å². The average molecular weight is 248 g/mol. The third-order valence-electron chi connectivity index (χ3n) is 3.45. The van der Waals surface area contributed by atoms with Crippen LogP contribution in [0.4, 0.5) is 0 Å². The van der Waals surface area contributed by atoms with Crippen LogP contribution in [-0.2, 0) is 6.54 Å². The summed E-state index contributed by atoms with van der Waals surface area (Å²) >= 11 is 0. The van der Waals surface area contributed by atoms with Crippen LogP contribution in [0.1, 0.15) is 31.0 Å². The first-order valence-corrected chi connectivity index (χ1v) is 6.35. The molecule has 0 aliphatic heterocycles. The Morgan fingerprint density at radius 3 is 3.11 bits per heavy atom. The van der Waals surface area contributed by atoms with Crippen molar-refractivity contribution in [2.24, 2.45) is 22.7 Å². The van der Waals surface area contributed by atoms with Crippen molar-refractivity contribution >= 4 is 5.84 Å². The molecule has 5 heteroatoms. The Morgan fingerprint density at radius 1 is 1.67 bits per heavy atom. The van der Waals surface area contributed by atoms with Gasteiger partial charge in [0.1, 0.15) is 5.69 Å². The fourth-order valence-corrected chi connectivity index (χ4v) is 2.13. The number of aromatic nitrogens is 1. The predicted octanol–water partition coefficient (Wildman–Crippen LogP) is 1.31. The van der Waals surface area contributed by atoms with Gasteiger partial charge >= 0.3 is 0 Å². The van der Waals surface area contributed by atoms with Crippen LogP contribution in [0.2, 0.25) is 0 Å². The van der Waals surface area contributed by atoms with E-state index in [1.165, 1.54) is 12.8 Å². The summed E-state index contributed by atoms with van der Waals surface area (Å²) in [6.45, 7) is 3.96. The molecule has 2 rings (SSSR count). The lowest BCUT2D eigenvalue weighted by Gasteiger charge is -2.12. The first-order chi connectivity index (χ1) is 8.72. The highest BCUT2D eigenvalue weighted by Gasteiger charge is 2.27. The van der Waals surface area contributed by atoms with E-state index in [2.05, 4.69) is 22.4 Å². The summed E-state index contributed by atoms with van der Waals surface area (Å²) in [4.78, 5) is 4.14. The number of nitrogens with one attached hydrogen (secondary N) is 1. The molecule has 0 bridgehead atoms. The summed E-state index contributed by atoms with van der Waals surface area (Å²) in [5.41, 5.74) is 7.10. The maximum absolute atomic E-state index is 8.71. The molecule has 1 unspecified atom stereocenters. The molecule has 4 N–H and O–H groups in total. The molecule has 1 aliphatic carbocycles. The molecular weight excluding hydrogens is 228 g/mol. The average Bonchev–Trinajstić information content (AvgIpc) is 3.22. The zero-order valence-electron chi connectivity index (χ0n) is 10.6. The second kappa shape index (κ2) is 5.82. The summed E-state index contributed by atoms with van der Waals surface area (Å²) < 4.78 is 0. The number of pyridine rings is 1. The standard InChI is InChI=1S/C13H20N4O/c1-9(10-4-5-10)7-15-8-11-3-2-6-16-12(11)13(14)17-18/h2-3,6,9-10,15,18H,4-5,7-8H2,1H3,(H2,14,17). The van der Waals surface area contributed by atoms with Gasteiger partial charge in [-0.1, -0.05) is 18.1 Å². The van der Waals surface area contributed by atoms with E-state index < -0.39 is 0 Å². The SMILES string of the molecule is CC(CNCc1cccnc1/C(N)=N/O)C1CC1. The van der Waals surface area contributed by atoms with Gasteiger partial charge in [0.15, 0.2) is 5.84 Å². The van der Waals surface area contributed by atoms with Crippen molar-refractivity contribution in [3.8, 4) is 0 Å². The summed E-state index contributed by atoms with van der Waals surface area (Å²) in [5.74, 6) is 1.67. The van der Waals surface area contributed by atoms with Gasteiger partial charge in [-0.3, -0.25) is 4.98 Å². The zero-order valence-corrected chi connectivity index (χ0v) is 10.6. The van der Waals surface area contributed by atoms with E-state index in [0.29, 0.717) is 18.2 Å². The Hall–Kier alpha value is -1.62. The number of oxime groups is 1. The molecule has 1 atom stereocenters. The number of nitrogens with zero attached hydrogens (tertiary/aromatic N) is 2. The Kier molecular flexibility index (Phi) is 4.15. The molecule has 5 nitrogen and oxygen atoms in total. The van der Waals surface area contributed by atoms with Crippen LogP contribution in [0.15, 0.2) is 23.5 Å². The van der Waals surface area contributed by atoms with Gasteiger partial charge in [-0.15, -0.1) is 0 Å². The number of hydrogen-bond acceptors (Lipinski definition) is 4. The smallest absolute Gasteiger partial charge is 0.189 e. The predicted molar refractivity (Wildman–Crippen MR) is 70.3 cm³/mol. The van der Waals surface area contributed by atoms with Gasteiger partial charge in [0.05, 0.1) is 0 Å². The summed E-state index contributed by atoms with van der Waals surface area (Å²) in [6.07, 6.45) is 4.37. The number of amidine groups is 1. The minimum Gasteiger partial charge on any atom is -0.409 e. The van der Waals surface area contributed by atoms with E-state index in [4.69, 9.17) is 10.9 Å². The van der Waals surface area contributed by atoms with Crippen molar-refractivity contribution in [3.63, 3.8) is 0 Å². The van der Waals surface area contributed by atoms with Crippen molar-refractivity contribution in [2.45, 2.75) is 26.3 Å². The lowest BCUT2D eigenvalue weighted by Crippen LogP contribution is -2.25. The minimum absolute atomic E-state index is 0.0580. The van der Waals surface area contributed by atoms with E-state index in [-0.39, 0.29) is 5.84 Å². The molecular formula is C13H20N4O. The largest absolute Gasteiger partial charge is 0.409 e. The van der Waals surface area contributed by atoms with E-state index in [1.807, 2.05) is 12.1 Å². The molecule has 0 amide bonds. The van der Waals surface area contributed by atoms with Crippen LogP contribution in [0, 0.1) is 11.8 Å². The highest BCUT2D eigenvalue weighted by molar-refractivity contribution is 5.96. The van der Waals surface area contributed by atoms with Crippen molar-refractivity contribution in [3.05, 3.63) is 29.6 Å². The lowest BCUT2D eigenvalue weighted by molar-refractivity contribution is 0.318. The van der Waals surface area contributed by atoms with Gasteiger partial charge in [0.2, 0.25) is 0 Å². The van der Waals surface area contributed by atoms with Gasteiger partial charge in [-0.2, -0.15) is 0 Å². The maximum atomic E-state index is 8.71. The van der Waals surface area contributed by atoms with Crippen LogP contribution in [0.5, 0.6) is 0 Å². The van der Waals surface area contributed by atoms with E-state index in [9.17, 15) is 0 Å². The van der Waals surface area contributed by atoms with Crippen LogP contribution < -0.4 is 11.1 Å². The molecule has 1 saturated carbocycles. The van der Waals surface area contributed by atoms with E-state index >= 15 is 0 Å². The van der Waals surface area contributed by atoms with Gasteiger partial charge in [0.25, 0.3) is 0 Å². The number of hydrogen-bond donors (Lipinski definition) is 3. The van der Waals surface area contributed by atoms with E-state index in [1.54, 1.807) is 6.20 Å². The fraction of sp³-hybridized carbons (Fsp3) is 0.538. The van der Waals surface area contributed by atoms with E-state index in [0.717, 1.165) is 18.0 Å². The Bertz CT molecular complexity index is 429. The maximum Gasteiger partial charge on any atom is 0.189 e. The highest BCUT2D eigenvalue weighted by atomic mass is 16.4. The molecule has 0 radical (unpaired) electrons.